The van der Waals surface area contributed by atoms with Gasteiger partial charge in [-0.3, -0.25) is 9.69 Å². The second kappa shape index (κ2) is 10.9. The van der Waals surface area contributed by atoms with Crippen molar-refractivity contribution in [2.75, 3.05) is 32.8 Å². The zero-order valence-electron chi connectivity index (χ0n) is 20.6. The number of piperidine rings is 1. The average Bonchev–Trinajstić information content (AvgIpc) is 3.58. The molecule has 3 heterocycles. The van der Waals surface area contributed by atoms with E-state index in [1.807, 2.05) is 36.4 Å². The number of hydrogen-bond donors (Lipinski definition) is 2. The summed E-state index contributed by atoms with van der Waals surface area (Å²) in [6.07, 6.45) is 5.08. The quantitative estimate of drug-likeness (QED) is 0.433. The van der Waals surface area contributed by atoms with Gasteiger partial charge in [-0.1, -0.05) is 36.9 Å². The maximum atomic E-state index is 12.6. The van der Waals surface area contributed by atoms with Crippen LogP contribution < -0.4 is 10.1 Å². The van der Waals surface area contributed by atoms with Crippen molar-refractivity contribution in [3.63, 3.8) is 0 Å². The summed E-state index contributed by atoms with van der Waals surface area (Å²) in [5.74, 6) is 0.908. The van der Waals surface area contributed by atoms with E-state index in [9.17, 15) is 9.90 Å². The summed E-state index contributed by atoms with van der Waals surface area (Å²) in [4.78, 5) is 14.9. The van der Waals surface area contributed by atoms with E-state index in [1.165, 1.54) is 0 Å². The molecular weight excluding hydrogens is 456 g/mol. The lowest BCUT2D eigenvalue weighted by molar-refractivity contribution is -0.0277. The fourth-order valence-corrected chi connectivity index (χ4v) is 5.08. The van der Waals surface area contributed by atoms with E-state index in [2.05, 4.69) is 22.9 Å². The fourth-order valence-electron chi connectivity index (χ4n) is 5.08. The average molecular weight is 491 g/mol. The lowest BCUT2D eigenvalue weighted by atomic mass is 9.84. The molecule has 0 spiro atoms. The Labute approximate surface area is 211 Å². The van der Waals surface area contributed by atoms with Crippen LogP contribution in [0.2, 0.25) is 0 Å². The van der Waals surface area contributed by atoms with Crippen molar-refractivity contribution < 1.29 is 23.8 Å². The van der Waals surface area contributed by atoms with Crippen LogP contribution in [0.1, 0.15) is 47.4 Å². The topological polar surface area (TPSA) is 84.2 Å². The highest BCUT2D eigenvalue weighted by molar-refractivity contribution is 5.96. The summed E-state index contributed by atoms with van der Waals surface area (Å²) in [5.41, 5.74) is 1.72. The molecule has 1 atom stereocenters. The third-order valence-electron chi connectivity index (χ3n) is 7.20. The number of benzene rings is 2. The lowest BCUT2D eigenvalue weighted by Crippen LogP contribution is -2.42. The Morgan fingerprint density at radius 2 is 2.06 bits per heavy atom. The molecule has 2 N–H and O–H groups in total. The van der Waals surface area contributed by atoms with Crippen molar-refractivity contribution in [2.45, 2.75) is 43.9 Å². The van der Waals surface area contributed by atoms with Crippen LogP contribution in [0.4, 0.5) is 0 Å². The Hall–Kier alpha value is -3.13. The van der Waals surface area contributed by atoms with Crippen LogP contribution in [-0.2, 0) is 16.9 Å². The first-order chi connectivity index (χ1) is 17.5. The van der Waals surface area contributed by atoms with E-state index in [4.69, 9.17) is 13.9 Å². The summed E-state index contributed by atoms with van der Waals surface area (Å²) < 4.78 is 17.2. The number of furan rings is 1. The summed E-state index contributed by atoms with van der Waals surface area (Å²) in [7, 11) is 0. The van der Waals surface area contributed by atoms with Crippen molar-refractivity contribution in [1.29, 1.82) is 0 Å². The van der Waals surface area contributed by atoms with Gasteiger partial charge >= 0.3 is 0 Å². The minimum Gasteiger partial charge on any atom is -0.489 e. The van der Waals surface area contributed by atoms with Gasteiger partial charge in [-0.2, -0.15) is 0 Å². The monoisotopic (exact) mass is 490 g/mol. The number of rotatable bonds is 9. The maximum Gasteiger partial charge on any atom is 0.287 e. The molecule has 0 bridgehead atoms. The molecule has 0 saturated carbocycles. The van der Waals surface area contributed by atoms with Crippen LogP contribution in [0.15, 0.2) is 65.6 Å². The van der Waals surface area contributed by atoms with E-state index in [-0.39, 0.29) is 17.8 Å². The number of carbonyl (C=O) groups excluding carboxylic acids is 1. The van der Waals surface area contributed by atoms with Crippen LogP contribution in [0.3, 0.4) is 0 Å². The molecule has 7 nitrogen and oxygen atoms in total. The van der Waals surface area contributed by atoms with Crippen molar-refractivity contribution >= 4 is 16.9 Å². The molecule has 2 aliphatic heterocycles. The Morgan fingerprint density at radius 1 is 1.22 bits per heavy atom. The highest BCUT2D eigenvalue weighted by atomic mass is 16.5. The molecule has 2 aromatic carbocycles. The maximum absolute atomic E-state index is 12.6. The predicted molar refractivity (Wildman–Crippen MR) is 138 cm³/mol. The molecular formula is C29H34N2O5. The van der Waals surface area contributed by atoms with Gasteiger partial charge in [-0.25, -0.2) is 0 Å². The van der Waals surface area contributed by atoms with Crippen molar-refractivity contribution in [2.24, 2.45) is 0 Å². The van der Waals surface area contributed by atoms with Crippen molar-refractivity contribution in [1.82, 2.24) is 10.2 Å². The Morgan fingerprint density at radius 3 is 2.83 bits per heavy atom. The summed E-state index contributed by atoms with van der Waals surface area (Å²) in [5, 5.41) is 15.2. The molecule has 5 rings (SSSR count). The first-order valence-electron chi connectivity index (χ1n) is 12.7. The minimum atomic E-state index is -0.914. The first kappa shape index (κ1) is 24.6. The van der Waals surface area contributed by atoms with Gasteiger partial charge in [0, 0.05) is 43.7 Å². The number of ether oxygens (including phenoxy) is 2. The second-order valence-electron chi connectivity index (χ2n) is 9.72. The number of likely N-dealkylation sites (tertiary alicyclic amines) is 1. The predicted octanol–water partition coefficient (Wildman–Crippen LogP) is 4.39. The molecule has 3 aromatic rings. The highest BCUT2D eigenvalue weighted by Gasteiger charge is 2.34. The summed E-state index contributed by atoms with van der Waals surface area (Å²) in [6.45, 7) is 7.76. The first-order valence-corrected chi connectivity index (χ1v) is 12.7. The number of hydrogen-bond acceptors (Lipinski definition) is 6. The number of carbonyl (C=O) groups is 1. The number of amides is 1. The third-order valence-corrected chi connectivity index (χ3v) is 7.20. The summed E-state index contributed by atoms with van der Waals surface area (Å²) in [6, 6.07) is 15.5. The van der Waals surface area contributed by atoms with Crippen molar-refractivity contribution in [3.8, 4) is 5.75 Å². The van der Waals surface area contributed by atoms with E-state index >= 15 is 0 Å². The fraction of sp³-hybridized carbons (Fsp3) is 0.414. The van der Waals surface area contributed by atoms with E-state index in [0.717, 1.165) is 61.3 Å². The van der Waals surface area contributed by atoms with Crippen LogP contribution >= 0.6 is 0 Å². The van der Waals surface area contributed by atoms with Crippen LogP contribution in [0, 0.1) is 0 Å². The molecule has 1 unspecified atom stereocenters. The molecule has 2 fully saturated rings. The zero-order chi connectivity index (χ0) is 25.0. The van der Waals surface area contributed by atoms with Crippen LogP contribution in [0.5, 0.6) is 5.75 Å². The number of aliphatic hydroxyl groups is 1. The molecule has 0 radical (unpaired) electrons. The molecule has 0 aliphatic carbocycles. The second-order valence-corrected chi connectivity index (χ2v) is 9.72. The van der Waals surface area contributed by atoms with Gasteiger partial charge in [0.2, 0.25) is 0 Å². The number of nitrogens with one attached hydrogen (secondary N) is 1. The molecule has 2 aliphatic rings. The zero-order valence-corrected chi connectivity index (χ0v) is 20.6. The van der Waals surface area contributed by atoms with Gasteiger partial charge in [0.1, 0.15) is 17.9 Å². The summed E-state index contributed by atoms with van der Waals surface area (Å²) >= 11 is 0. The van der Waals surface area contributed by atoms with Crippen molar-refractivity contribution in [3.05, 3.63) is 78.1 Å². The third kappa shape index (κ3) is 5.48. The number of fused-ring (bicyclic) bond motifs is 1. The molecule has 190 valence electrons. The Kier molecular flexibility index (Phi) is 7.41. The highest BCUT2D eigenvalue weighted by Crippen LogP contribution is 2.36. The molecule has 36 heavy (non-hydrogen) atoms. The Balaban J connectivity index is 1.22. The lowest BCUT2D eigenvalue weighted by Gasteiger charge is -2.38. The van der Waals surface area contributed by atoms with Gasteiger partial charge in [-0.05, 0) is 55.5 Å². The van der Waals surface area contributed by atoms with Gasteiger partial charge in [0.05, 0.1) is 11.7 Å². The number of nitrogens with zero attached hydrogens (tertiary/aromatic N) is 1. The molecule has 7 heteroatoms. The smallest absolute Gasteiger partial charge is 0.287 e. The van der Waals surface area contributed by atoms with E-state index in [1.54, 1.807) is 12.1 Å². The van der Waals surface area contributed by atoms with E-state index < -0.39 is 5.60 Å². The van der Waals surface area contributed by atoms with Gasteiger partial charge in [0.15, 0.2) is 5.76 Å². The van der Waals surface area contributed by atoms with E-state index in [0.29, 0.717) is 31.6 Å². The number of para-hydroxylation sites is 1. The standard InChI is InChI=1S/C29H34N2O5/c1-2-15-35-25-8-4-3-6-21(25)20-31-13-11-29(33,12-14-31)23-9-10-26-22(17-23)18-27(36-26)28(32)30-19-24-7-5-16-34-24/h2-4,6,8-10,17-18,24,33H,1,5,7,11-16,19-20H2,(H,30,32). The van der Waals surface area contributed by atoms with Crippen LogP contribution in [-0.4, -0.2) is 54.9 Å². The molecule has 1 aromatic heterocycles. The SMILES string of the molecule is C=CCOc1ccccc1CN1CCC(O)(c2ccc3oc(C(=O)NCC4CCCO4)cc3c2)CC1. The minimum absolute atomic E-state index is 0.0817. The largest absolute Gasteiger partial charge is 0.489 e. The normalized spacial score (nSPS) is 19.9. The van der Waals surface area contributed by atoms with Gasteiger partial charge in [-0.15, -0.1) is 0 Å². The van der Waals surface area contributed by atoms with Crippen LogP contribution in [0.25, 0.3) is 11.0 Å². The molecule has 1 amide bonds. The Bertz CT molecular complexity index is 1210. The van der Waals surface area contributed by atoms with Gasteiger partial charge in [0.25, 0.3) is 5.91 Å². The van der Waals surface area contributed by atoms with Gasteiger partial charge < -0.3 is 24.3 Å². The molecule has 2 saturated heterocycles.